The number of likely N-dealkylation sites (tertiary alicyclic amines) is 1. The van der Waals surface area contributed by atoms with Gasteiger partial charge in [0.25, 0.3) is 5.91 Å². The van der Waals surface area contributed by atoms with Crippen molar-refractivity contribution in [1.82, 2.24) is 14.8 Å². The van der Waals surface area contributed by atoms with E-state index in [1.54, 1.807) is 12.1 Å². The SMILES string of the molecule is Cn1cccc1[C@@H](CNC(=O)c1cccc(F)c1)N1CCCC1. The molecule has 1 atom stereocenters. The summed E-state index contributed by atoms with van der Waals surface area (Å²) >= 11 is 0. The van der Waals surface area contributed by atoms with Gasteiger partial charge in [-0.15, -0.1) is 0 Å². The lowest BCUT2D eigenvalue weighted by atomic mass is 10.1. The Balaban J connectivity index is 1.71. The van der Waals surface area contributed by atoms with Gasteiger partial charge in [0, 0.05) is 31.0 Å². The molecule has 1 aromatic carbocycles. The van der Waals surface area contributed by atoms with Gasteiger partial charge in [0.05, 0.1) is 6.04 Å². The first-order valence-corrected chi connectivity index (χ1v) is 8.04. The Morgan fingerprint density at radius 2 is 2.04 bits per heavy atom. The summed E-state index contributed by atoms with van der Waals surface area (Å²) in [7, 11) is 2.02. The van der Waals surface area contributed by atoms with Crippen LogP contribution < -0.4 is 5.32 Å². The molecule has 23 heavy (non-hydrogen) atoms. The number of halogens is 1. The number of hydrogen-bond donors (Lipinski definition) is 1. The summed E-state index contributed by atoms with van der Waals surface area (Å²) in [6.07, 6.45) is 4.41. The molecule has 1 saturated heterocycles. The maximum atomic E-state index is 13.3. The minimum Gasteiger partial charge on any atom is -0.353 e. The van der Waals surface area contributed by atoms with E-state index in [9.17, 15) is 9.18 Å². The van der Waals surface area contributed by atoms with Gasteiger partial charge in [0.2, 0.25) is 0 Å². The summed E-state index contributed by atoms with van der Waals surface area (Å²) in [4.78, 5) is 14.7. The lowest BCUT2D eigenvalue weighted by molar-refractivity contribution is 0.0936. The summed E-state index contributed by atoms with van der Waals surface area (Å²) in [5.74, 6) is -0.626. The molecule has 0 unspecified atom stereocenters. The molecule has 1 aromatic heterocycles. The van der Waals surface area contributed by atoms with Gasteiger partial charge in [-0.05, 0) is 56.3 Å². The monoisotopic (exact) mass is 315 g/mol. The van der Waals surface area contributed by atoms with Gasteiger partial charge in [-0.3, -0.25) is 9.69 Å². The van der Waals surface area contributed by atoms with Crippen LogP contribution in [0, 0.1) is 5.82 Å². The first-order valence-electron chi connectivity index (χ1n) is 8.04. The van der Waals surface area contributed by atoms with Crippen LogP contribution in [0.25, 0.3) is 0 Å². The molecule has 1 N–H and O–H groups in total. The van der Waals surface area contributed by atoms with Gasteiger partial charge in [0.1, 0.15) is 5.82 Å². The molecule has 0 bridgehead atoms. The molecule has 1 aliphatic heterocycles. The first kappa shape index (κ1) is 15.7. The smallest absolute Gasteiger partial charge is 0.251 e. The van der Waals surface area contributed by atoms with Crippen LogP contribution in [-0.2, 0) is 7.05 Å². The van der Waals surface area contributed by atoms with Crippen LogP contribution in [-0.4, -0.2) is 35.0 Å². The molecule has 0 saturated carbocycles. The zero-order chi connectivity index (χ0) is 16.2. The molecule has 1 amide bonds. The second-order valence-electron chi connectivity index (χ2n) is 6.02. The molecular formula is C18H22FN3O. The summed E-state index contributed by atoms with van der Waals surface area (Å²) in [6, 6.07) is 10.1. The highest BCUT2D eigenvalue weighted by Crippen LogP contribution is 2.24. The average molecular weight is 315 g/mol. The minimum atomic E-state index is -0.392. The molecule has 2 heterocycles. The highest BCUT2D eigenvalue weighted by atomic mass is 19.1. The van der Waals surface area contributed by atoms with Gasteiger partial charge < -0.3 is 9.88 Å². The Bertz CT molecular complexity index is 676. The number of aromatic nitrogens is 1. The van der Waals surface area contributed by atoms with Crippen molar-refractivity contribution in [2.75, 3.05) is 19.6 Å². The maximum absolute atomic E-state index is 13.3. The van der Waals surface area contributed by atoms with Crippen molar-refractivity contribution in [1.29, 1.82) is 0 Å². The predicted molar refractivity (Wildman–Crippen MR) is 87.7 cm³/mol. The molecular weight excluding hydrogens is 293 g/mol. The number of benzene rings is 1. The van der Waals surface area contributed by atoms with Crippen LogP contribution in [0.15, 0.2) is 42.6 Å². The van der Waals surface area contributed by atoms with E-state index >= 15 is 0 Å². The van der Waals surface area contributed by atoms with Crippen molar-refractivity contribution in [3.8, 4) is 0 Å². The third kappa shape index (κ3) is 3.62. The summed E-state index contributed by atoms with van der Waals surface area (Å²) in [6.45, 7) is 2.62. The molecule has 1 fully saturated rings. The van der Waals surface area contributed by atoms with E-state index in [4.69, 9.17) is 0 Å². The number of nitrogens with zero attached hydrogens (tertiary/aromatic N) is 2. The number of carbonyl (C=O) groups is 1. The Labute approximate surface area is 135 Å². The van der Waals surface area contributed by atoms with Crippen LogP contribution in [0.5, 0.6) is 0 Å². The number of amides is 1. The molecule has 1 aliphatic rings. The fourth-order valence-corrected chi connectivity index (χ4v) is 3.22. The van der Waals surface area contributed by atoms with Crippen molar-refractivity contribution in [3.05, 3.63) is 59.7 Å². The topological polar surface area (TPSA) is 37.3 Å². The van der Waals surface area contributed by atoms with Crippen molar-refractivity contribution in [2.24, 2.45) is 7.05 Å². The van der Waals surface area contributed by atoms with Crippen molar-refractivity contribution in [3.63, 3.8) is 0 Å². The predicted octanol–water partition coefficient (Wildman–Crippen LogP) is 2.73. The standard InChI is InChI=1S/C18H22FN3O/c1-21-9-5-8-16(21)17(22-10-2-3-11-22)13-20-18(23)14-6-4-7-15(19)12-14/h4-9,12,17H,2-3,10-11,13H2,1H3,(H,20,23)/t17-/m1/s1. The van der Waals surface area contributed by atoms with Crippen molar-refractivity contribution in [2.45, 2.75) is 18.9 Å². The lowest BCUT2D eigenvalue weighted by Gasteiger charge is -2.28. The highest BCUT2D eigenvalue weighted by molar-refractivity contribution is 5.94. The Hall–Kier alpha value is -2.14. The first-order chi connectivity index (χ1) is 11.1. The van der Waals surface area contributed by atoms with E-state index in [1.165, 1.54) is 30.7 Å². The van der Waals surface area contributed by atoms with E-state index in [0.717, 1.165) is 13.1 Å². The highest BCUT2D eigenvalue weighted by Gasteiger charge is 2.25. The minimum absolute atomic E-state index is 0.148. The van der Waals surface area contributed by atoms with Crippen LogP contribution >= 0.6 is 0 Å². The summed E-state index contributed by atoms with van der Waals surface area (Å²) in [5, 5.41) is 2.96. The van der Waals surface area contributed by atoms with Crippen LogP contribution in [0.2, 0.25) is 0 Å². The maximum Gasteiger partial charge on any atom is 0.251 e. The van der Waals surface area contributed by atoms with Gasteiger partial charge >= 0.3 is 0 Å². The van der Waals surface area contributed by atoms with E-state index in [1.807, 2.05) is 19.3 Å². The average Bonchev–Trinajstić information content (AvgIpc) is 3.20. The third-order valence-corrected chi connectivity index (χ3v) is 4.45. The molecule has 0 spiro atoms. The molecule has 4 nitrogen and oxygen atoms in total. The van der Waals surface area contributed by atoms with E-state index in [0.29, 0.717) is 12.1 Å². The van der Waals surface area contributed by atoms with E-state index < -0.39 is 5.82 Å². The van der Waals surface area contributed by atoms with Gasteiger partial charge in [0.15, 0.2) is 0 Å². The second-order valence-corrected chi connectivity index (χ2v) is 6.02. The van der Waals surface area contributed by atoms with Crippen molar-refractivity contribution < 1.29 is 9.18 Å². The Kier molecular flexibility index (Phi) is 4.76. The van der Waals surface area contributed by atoms with Gasteiger partial charge in [-0.1, -0.05) is 6.07 Å². The molecule has 0 aliphatic carbocycles. The molecule has 3 rings (SSSR count). The molecule has 122 valence electrons. The second kappa shape index (κ2) is 6.96. The van der Waals surface area contributed by atoms with Crippen LogP contribution in [0.1, 0.15) is 34.9 Å². The number of hydrogen-bond acceptors (Lipinski definition) is 2. The number of aryl methyl sites for hydroxylation is 1. The summed E-state index contributed by atoms with van der Waals surface area (Å²) in [5.41, 5.74) is 1.54. The fourth-order valence-electron chi connectivity index (χ4n) is 3.22. The molecule has 2 aromatic rings. The fraction of sp³-hybridized carbons (Fsp3) is 0.389. The zero-order valence-electron chi connectivity index (χ0n) is 13.3. The summed E-state index contributed by atoms with van der Waals surface area (Å²) < 4.78 is 15.4. The van der Waals surface area contributed by atoms with Crippen LogP contribution in [0.4, 0.5) is 4.39 Å². The number of carbonyl (C=O) groups excluding carboxylic acids is 1. The molecule has 5 heteroatoms. The number of rotatable bonds is 5. The quantitative estimate of drug-likeness (QED) is 0.921. The normalized spacial score (nSPS) is 16.4. The Morgan fingerprint density at radius 3 is 2.70 bits per heavy atom. The van der Waals surface area contributed by atoms with Gasteiger partial charge in [-0.2, -0.15) is 0 Å². The lowest BCUT2D eigenvalue weighted by Crippen LogP contribution is -2.37. The zero-order valence-corrected chi connectivity index (χ0v) is 13.3. The third-order valence-electron chi connectivity index (χ3n) is 4.45. The van der Waals surface area contributed by atoms with E-state index in [-0.39, 0.29) is 11.9 Å². The van der Waals surface area contributed by atoms with Crippen molar-refractivity contribution >= 4 is 5.91 Å². The Morgan fingerprint density at radius 1 is 1.26 bits per heavy atom. The largest absolute Gasteiger partial charge is 0.353 e. The number of nitrogens with one attached hydrogen (secondary N) is 1. The van der Waals surface area contributed by atoms with Crippen LogP contribution in [0.3, 0.4) is 0 Å². The molecule has 0 radical (unpaired) electrons. The van der Waals surface area contributed by atoms with E-state index in [2.05, 4.69) is 20.9 Å². The van der Waals surface area contributed by atoms with Gasteiger partial charge in [-0.25, -0.2) is 4.39 Å².